The van der Waals surface area contributed by atoms with Gasteiger partial charge in [0, 0.05) is 0 Å². The Morgan fingerprint density at radius 3 is 2.90 bits per heavy atom. The lowest BCUT2D eigenvalue weighted by molar-refractivity contribution is -0.402. The van der Waals surface area contributed by atoms with Crippen molar-refractivity contribution < 1.29 is 18.9 Å². The van der Waals surface area contributed by atoms with Gasteiger partial charge in [-0.2, -0.15) is 0 Å². The Bertz CT molecular complexity index is 701. The zero-order valence-corrected chi connectivity index (χ0v) is 12.2. The van der Waals surface area contributed by atoms with E-state index in [1.165, 1.54) is 23.5 Å². The van der Waals surface area contributed by atoms with Gasteiger partial charge in [-0.3, -0.25) is 10.1 Å². The van der Waals surface area contributed by atoms with E-state index >= 15 is 0 Å². The van der Waals surface area contributed by atoms with Gasteiger partial charge in [0.2, 0.25) is 0 Å². The van der Waals surface area contributed by atoms with Gasteiger partial charge >= 0.3 is 11.9 Å². The molecule has 7 nitrogen and oxygen atoms in total. The van der Waals surface area contributed by atoms with Crippen molar-refractivity contribution in [3.05, 3.63) is 43.6 Å². The number of carbonyl (C=O) groups is 1. The topological polar surface area (TPSA) is 95.5 Å². The molecule has 0 unspecified atom stereocenters. The van der Waals surface area contributed by atoms with Crippen LogP contribution in [0.25, 0.3) is 12.2 Å². The maximum Gasteiger partial charge on any atom is 0.433 e. The van der Waals surface area contributed by atoms with Crippen molar-refractivity contribution in [3.8, 4) is 0 Å². The highest BCUT2D eigenvalue weighted by molar-refractivity contribution is 7.14. The number of hydrogen-bond acceptors (Lipinski definition) is 7. The predicted molar refractivity (Wildman–Crippen MR) is 77.1 cm³/mol. The molecule has 0 saturated carbocycles. The number of furan rings is 1. The number of rotatable bonds is 5. The number of ether oxygens (including phenoxy) is 1. The molecule has 0 radical (unpaired) electrons. The second-order valence-electron chi connectivity index (χ2n) is 3.95. The molecule has 0 aliphatic carbocycles. The van der Waals surface area contributed by atoms with Gasteiger partial charge in [0.15, 0.2) is 0 Å². The van der Waals surface area contributed by atoms with Crippen molar-refractivity contribution in [2.24, 2.45) is 0 Å². The van der Waals surface area contributed by atoms with E-state index in [1.807, 2.05) is 0 Å². The zero-order valence-electron chi connectivity index (χ0n) is 11.4. The standard InChI is InChI=1S/C13H12N2O5S/c1-3-19-13(16)12-8(2)14-10(21-12)6-4-9-5-7-11(20-9)15(17)18/h4-7H,3H2,1-2H3/b6-4+. The van der Waals surface area contributed by atoms with Crippen LogP contribution in [0.4, 0.5) is 5.88 Å². The SMILES string of the molecule is CCOC(=O)c1sc(/C=C/c2ccc([N+](=O)[O-])o2)nc1C. The molecule has 0 amide bonds. The summed E-state index contributed by atoms with van der Waals surface area (Å²) in [5.74, 6) is -0.384. The predicted octanol–water partition coefficient (Wildman–Crippen LogP) is 3.30. The third kappa shape index (κ3) is 3.54. The molecule has 0 bridgehead atoms. The van der Waals surface area contributed by atoms with Crippen molar-refractivity contribution >= 4 is 35.3 Å². The van der Waals surface area contributed by atoms with Gasteiger partial charge in [-0.15, -0.1) is 11.3 Å². The normalized spacial score (nSPS) is 11.0. The van der Waals surface area contributed by atoms with Crippen LogP contribution in [0.2, 0.25) is 0 Å². The number of hydrogen-bond donors (Lipinski definition) is 0. The Labute approximate surface area is 124 Å². The summed E-state index contributed by atoms with van der Waals surface area (Å²) in [5, 5.41) is 11.1. The summed E-state index contributed by atoms with van der Waals surface area (Å²) in [6.07, 6.45) is 3.18. The number of nitrogens with zero attached hydrogens (tertiary/aromatic N) is 2. The lowest BCUT2D eigenvalue weighted by Crippen LogP contribution is -2.03. The number of carbonyl (C=O) groups excluding carboxylic acids is 1. The van der Waals surface area contributed by atoms with Crippen LogP contribution in [0, 0.1) is 17.0 Å². The molecule has 21 heavy (non-hydrogen) atoms. The summed E-state index contributed by atoms with van der Waals surface area (Å²) in [7, 11) is 0. The quantitative estimate of drug-likeness (QED) is 0.477. The number of nitro groups is 1. The monoisotopic (exact) mass is 308 g/mol. The molecule has 2 aromatic heterocycles. The van der Waals surface area contributed by atoms with Gasteiger partial charge in [-0.05, 0) is 32.1 Å². The lowest BCUT2D eigenvalue weighted by atomic mass is 10.4. The van der Waals surface area contributed by atoms with Crippen molar-refractivity contribution in [3.63, 3.8) is 0 Å². The van der Waals surface area contributed by atoms with E-state index in [9.17, 15) is 14.9 Å². The van der Waals surface area contributed by atoms with E-state index in [-0.39, 0.29) is 5.88 Å². The Balaban J connectivity index is 2.15. The van der Waals surface area contributed by atoms with E-state index in [0.29, 0.717) is 27.9 Å². The average Bonchev–Trinajstić information content (AvgIpc) is 3.03. The smallest absolute Gasteiger partial charge is 0.433 e. The first-order valence-corrected chi connectivity index (χ1v) is 6.89. The van der Waals surface area contributed by atoms with Crippen molar-refractivity contribution in [1.29, 1.82) is 0 Å². The minimum atomic E-state index is -0.607. The Kier molecular flexibility index (Phi) is 4.49. The van der Waals surface area contributed by atoms with E-state index < -0.39 is 10.9 Å². The molecule has 0 aromatic carbocycles. The summed E-state index contributed by atoms with van der Waals surface area (Å²) >= 11 is 1.19. The van der Waals surface area contributed by atoms with Crippen LogP contribution in [0.5, 0.6) is 0 Å². The van der Waals surface area contributed by atoms with Crippen molar-refractivity contribution in [1.82, 2.24) is 4.98 Å². The minimum absolute atomic E-state index is 0.303. The summed E-state index contributed by atoms with van der Waals surface area (Å²) < 4.78 is 9.92. The molecule has 0 spiro atoms. The van der Waals surface area contributed by atoms with Gasteiger partial charge in [0.25, 0.3) is 0 Å². The van der Waals surface area contributed by atoms with Gasteiger partial charge in [-0.25, -0.2) is 9.78 Å². The van der Waals surface area contributed by atoms with Gasteiger partial charge in [0.05, 0.1) is 18.4 Å². The van der Waals surface area contributed by atoms with Crippen LogP contribution in [-0.4, -0.2) is 22.5 Å². The largest absolute Gasteiger partial charge is 0.462 e. The molecule has 2 aromatic rings. The van der Waals surface area contributed by atoms with E-state index in [4.69, 9.17) is 9.15 Å². The number of esters is 1. The van der Waals surface area contributed by atoms with Crippen LogP contribution in [0.1, 0.15) is 33.1 Å². The lowest BCUT2D eigenvalue weighted by Gasteiger charge is -1.97. The molecule has 2 rings (SSSR count). The fraction of sp³-hybridized carbons (Fsp3) is 0.231. The van der Waals surface area contributed by atoms with E-state index in [1.54, 1.807) is 26.0 Å². The van der Waals surface area contributed by atoms with Crippen molar-refractivity contribution in [2.75, 3.05) is 6.61 Å². The molecular weight excluding hydrogens is 296 g/mol. The molecule has 0 fully saturated rings. The molecule has 0 N–H and O–H groups in total. The third-order valence-corrected chi connectivity index (χ3v) is 3.56. The van der Waals surface area contributed by atoms with Crippen LogP contribution < -0.4 is 0 Å². The van der Waals surface area contributed by atoms with Crippen LogP contribution in [0.15, 0.2) is 16.5 Å². The first-order valence-electron chi connectivity index (χ1n) is 6.08. The van der Waals surface area contributed by atoms with Crippen molar-refractivity contribution in [2.45, 2.75) is 13.8 Å². The maximum absolute atomic E-state index is 11.7. The van der Waals surface area contributed by atoms with E-state index in [0.717, 1.165) is 0 Å². The molecule has 0 atom stereocenters. The fourth-order valence-corrected chi connectivity index (χ4v) is 2.42. The summed E-state index contributed by atoms with van der Waals surface area (Å²) in [6.45, 7) is 3.76. The summed E-state index contributed by atoms with van der Waals surface area (Å²) in [5.41, 5.74) is 0.587. The highest BCUT2D eigenvalue weighted by atomic mass is 32.1. The van der Waals surface area contributed by atoms with Gasteiger partial charge in [0.1, 0.15) is 20.6 Å². The van der Waals surface area contributed by atoms with Crippen LogP contribution >= 0.6 is 11.3 Å². The number of aromatic nitrogens is 1. The Morgan fingerprint density at radius 2 is 2.29 bits per heavy atom. The maximum atomic E-state index is 11.7. The second-order valence-corrected chi connectivity index (χ2v) is 4.98. The molecule has 8 heteroatoms. The zero-order chi connectivity index (χ0) is 15.4. The molecular formula is C13H12N2O5S. The summed E-state index contributed by atoms with van der Waals surface area (Å²) in [6, 6.07) is 2.76. The molecule has 0 aliphatic heterocycles. The average molecular weight is 308 g/mol. The molecule has 110 valence electrons. The van der Waals surface area contributed by atoms with E-state index in [2.05, 4.69) is 4.98 Å². The molecule has 2 heterocycles. The Morgan fingerprint density at radius 1 is 1.52 bits per heavy atom. The fourth-order valence-electron chi connectivity index (χ4n) is 1.56. The highest BCUT2D eigenvalue weighted by Crippen LogP contribution is 2.22. The minimum Gasteiger partial charge on any atom is -0.462 e. The third-order valence-electron chi connectivity index (χ3n) is 2.46. The Hall–Kier alpha value is -2.48. The number of aryl methyl sites for hydroxylation is 1. The van der Waals surface area contributed by atoms with Gasteiger partial charge < -0.3 is 9.15 Å². The van der Waals surface area contributed by atoms with Crippen LogP contribution in [0.3, 0.4) is 0 Å². The summed E-state index contributed by atoms with van der Waals surface area (Å²) in [4.78, 5) is 26.2. The first kappa shape index (κ1) is 14.9. The first-order chi connectivity index (χ1) is 10.0. The van der Waals surface area contributed by atoms with Gasteiger partial charge in [-0.1, -0.05) is 0 Å². The second kappa shape index (κ2) is 6.31. The molecule has 0 aliphatic rings. The molecule has 0 saturated heterocycles. The van der Waals surface area contributed by atoms with Crippen LogP contribution in [-0.2, 0) is 4.74 Å². The number of thiazole rings is 1. The highest BCUT2D eigenvalue weighted by Gasteiger charge is 2.15.